The van der Waals surface area contributed by atoms with E-state index in [1.807, 2.05) is 10.9 Å². The summed E-state index contributed by atoms with van der Waals surface area (Å²) in [5, 5.41) is 1.66. The van der Waals surface area contributed by atoms with Crippen LogP contribution in [0.5, 0.6) is 0 Å². The van der Waals surface area contributed by atoms with Crippen LogP contribution in [0.25, 0.3) is 0 Å². The molecule has 0 aromatic carbocycles. The van der Waals surface area contributed by atoms with Crippen LogP contribution in [-0.4, -0.2) is 0 Å². The fraction of sp³-hybridized carbons (Fsp3) is 0.800. The maximum Gasteiger partial charge on any atom is 0.0423 e. The molecule has 0 aliphatic carbocycles. The zero-order chi connectivity index (χ0) is 10.3. The molecule has 3 heteroatoms. The van der Waals surface area contributed by atoms with Crippen LogP contribution in [0.15, 0.2) is 0 Å². The van der Waals surface area contributed by atoms with Crippen molar-refractivity contribution >= 4 is 26.5 Å². The van der Waals surface area contributed by atoms with E-state index in [1.54, 1.807) is 9.64 Å². The van der Waals surface area contributed by atoms with Gasteiger partial charge in [-0.1, -0.05) is 49.7 Å². The van der Waals surface area contributed by atoms with Crippen LogP contribution in [0.2, 0.25) is 0 Å². The molecule has 0 fully saturated rings. The molecule has 0 spiro atoms. The first-order chi connectivity index (χ1) is 5.71. The van der Waals surface area contributed by atoms with Gasteiger partial charge in [0, 0.05) is 15.1 Å². The van der Waals surface area contributed by atoms with Crippen molar-refractivity contribution in [2.45, 2.75) is 52.4 Å². The molecule has 0 nitrogen and oxygen atoms in total. The summed E-state index contributed by atoms with van der Waals surface area (Å²) in [6, 6.07) is 0. The molecule has 0 amide bonds. The average molecular weight is 232 g/mol. The molecule has 0 radical (unpaired) electrons. The fourth-order valence-electron chi connectivity index (χ4n) is 0.833. The molecule has 0 saturated heterocycles. The molecule has 0 bridgehead atoms. The van der Waals surface area contributed by atoms with Gasteiger partial charge in [0.1, 0.15) is 0 Å². The van der Waals surface area contributed by atoms with Crippen molar-refractivity contribution in [1.82, 2.24) is 0 Å². The van der Waals surface area contributed by atoms with Gasteiger partial charge in [0.05, 0.1) is 0 Å². The Morgan fingerprint density at radius 3 is 1.69 bits per heavy atom. The maximum absolute atomic E-state index is 2.31. The number of hydrogen-bond acceptors (Lipinski definition) is 1. The monoisotopic (exact) mass is 232 g/mol. The van der Waals surface area contributed by atoms with Crippen molar-refractivity contribution in [2.24, 2.45) is 0 Å². The van der Waals surface area contributed by atoms with Crippen molar-refractivity contribution in [2.75, 3.05) is 0 Å². The van der Waals surface area contributed by atoms with E-state index in [0.717, 1.165) is 0 Å². The third kappa shape index (κ3) is 3.01. The van der Waals surface area contributed by atoms with E-state index >= 15 is 0 Å². The molecule has 1 aromatic rings. The molecule has 1 heterocycles. The second-order valence-corrected chi connectivity index (χ2v) is 9.51. The van der Waals surface area contributed by atoms with Crippen molar-refractivity contribution in [3.05, 3.63) is 9.64 Å². The molecule has 0 atom stereocenters. The van der Waals surface area contributed by atoms with E-state index in [9.17, 15) is 0 Å². The van der Waals surface area contributed by atoms with Crippen LogP contribution >= 0.6 is 26.5 Å². The third-order valence-electron chi connectivity index (χ3n) is 1.74. The number of hydrogen-bond donors (Lipinski definition) is 0. The van der Waals surface area contributed by atoms with Gasteiger partial charge in [-0.2, -0.15) is 0 Å². The predicted octanol–water partition coefficient (Wildman–Crippen LogP) is 5.50. The van der Waals surface area contributed by atoms with E-state index in [0.29, 0.717) is 10.8 Å². The highest BCUT2D eigenvalue weighted by atomic mass is 32.5. The Labute approximate surface area is 88.7 Å². The zero-order valence-electron chi connectivity index (χ0n) is 9.30. The van der Waals surface area contributed by atoms with Crippen LogP contribution in [0.1, 0.15) is 51.2 Å². The Morgan fingerprint density at radius 1 is 0.923 bits per heavy atom. The largest absolute Gasteiger partial charge is 0.111 e. The summed E-state index contributed by atoms with van der Waals surface area (Å²) in [5.74, 6) is 0. The Morgan fingerprint density at radius 2 is 1.46 bits per heavy atom. The molecule has 0 aliphatic heterocycles. The third-order valence-corrected chi connectivity index (χ3v) is 8.57. The lowest BCUT2D eigenvalue weighted by Gasteiger charge is -2.17. The van der Waals surface area contributed by atoms with Crippen LogP contribution < -0.4 is 0 Å². The van der Waals surface area contributed by atoms with Gasteiger partial charge in [-0.15, -0.1) is 10.9 Å². The lowest BCUT2D eigenvalue weighted by Crippen LogP contribution is -2.08. The summed E-state index contributed by atoms with van der Waals surface area (Å²) in [4.78, 5) is 0. The second-order valence-electron chi connectivity index (χ2n) is 5.42. The van der Waals surface area contributed by atoms with E-state index in [1.165, 1.54) is 15.6 Å². The highest BCUT2D eigenvalue weighted by molar-refractivity contribution is 7.87. The van der Waals surface area contributed by atoms with E-state index < -0.39 is 0 Å². The summed E-state index contributed by atoms with van der Waals surface area (Å²) in [6.07, 6.45) is 0. The molecular weight excluding hydrogens is 214 g/mol. The zero-order valence-corrected chi connectivity index (χ0v) is 11.9. The maximum atomic E-state index is 2.31. The van der Waals surface area contributed by atoms with Crippen molar-refractivity contribution < 1.29 is 0 Å². The Balaban J connectivity index is 3.01. The van der Waals surface area contributed by atoms with Crippen molar-refractivity contribution in [1.29, 1.82) is 0 Å². The molecule has 0 aliphatic rings. The van der Waals surface area contributed by atoms with Crippen LogP contribution in [0, 0.1) is 0 Å². The summed E-state index contributed by atoms with van der Waals surface area (Å²) < 4.78 is 1.62. The van der Waals surface area contributed by atoms with Crippen LogP contribution in [-0.2, 0) is 10.8 Å². The van der Waals surface area contributed by atoms with Crippen molar-refractivity contribution in [3.63, 3.8) is 0 Å². The molecule has 74 valence electrons. The molecule has 1 aromatic heterocycles. The van der Waals surface area contributed by atoms with Gasteiger partial charge in [0.2, 0.25) is 0 Å². The quantitative estimate of drug-likeness (QED) is 0.553. The minimum Gasteiger partial charge on any atom is -0.111 e. The van der Waals surface area contributed by atoms with E-state index in [4.69, 9.17) is 0 Å². The van der Waals surface area contributed by atoms with Crippen LogP contribution in [0.4, 0.5) is 0 Å². The van der Waals surface area contributed by atoms with Gasteiger partial charge >= 0.3 is 0 Å². The minimum absolute atomic E-state index is 0.367. The first kappa shape index (κ1) is 11.6. The van der Waals surface area contributed by atoms with Crippen molar-refractivity contribution in [3.8, 4) is 0 Å². The Bertz CT molecular complexity index is 260. The molecule has 0 saturated carbocycles. The summed E-state index contributed by atoms with van der Waals surface area (Å²) in [5.41, 5.74) is 0.745. The highest BCUT2D eigenvalue weighted by Gasteiger charge is 2.22. The van der Waals surface area contributed by atoms with Gasteiger partial charge in [-0.05, 0) is 12.8 Å². The number of rotatable bonds is 0. The summed E-state index contributed by atoms with van der Waals surface area (Å²) in [6.45, 7) is 13.9. The van der Waals surface area contributed by atoms with Gasteiger partial charge in [0.15, 0.2) is 0 Å². The Hall–Kier alpha value is 0.560. The molecule has 1 rings (SSSR count). The normalized spacial score (nSPS) is 14.6. The lowest BCUT2D eigenvalue weighted by molar-refractivity contribution is 0.610. The molecule has 0 N–H and O–H groups in total. The topological polar surface area (TPSA) is 0 Å². The first-order valence-corrected chi connectivity index (χ1v) is 7.77. The van der Waals surface area contributed by atoms with Gasteiger partial charge in [0.25, 0.3) is 0 Å². The Kier molecular flexibility index (Phi) is 3.23. The van der Waals surface area contributed by atoms with E-state index in [2.05, 4.69) is 41.5 Å². The highest BCUT2D eigenvalue weighted by Crippen LogP contribution is 2.48. The van der Waals surface area contributed by atoms with Gasteiger partial charge < -0.3 is 0 Å². The first-order valence-electron chi connectivity index (χ1n) is 4.56. The molecular formula is C10H18P2S. The summed E-state index contributed by atoms with van der Waals surface area (Å²) >= 11 is 0. The lowest BCUT2D eigenvalue weighted by atomic mass is 10.0. The average Bonchev–Trinajstić information content (AvgIpc) is 2.28. The van der Waals surface area contributed by atoms with Crippen LogP contribution in [0.3, 0.4) is 0 Å². The smallest absolute Gasteiger partial charge is 0.0423 e. The molecule has 0 unspecified atom stereocenters. The van der Waals surface area contributed by atoms with Gasteiger partial charge in [-0.3, -0.25) is 0 Å². The summed E-state index contributed by atoms with van der Waals surface area (Å²) in [7, 11) is 5.00. The minimum atomic E-state index is 0.367. The SMILES string of the molecule is CC(C)(C)c1psc(C(C)(C)C)p1. The standard InChI is InChI=1S/C10H18P2S/c1-9(2,3)7-11-8(13-12-7)10(4,5)6/h1-6H3. The predicted molar refractivity (Wildman–Crippen MR) is 66.7 cm³/mol. The second kappa shape index (κ2) is 3.61. The molecule has 13 heavy (non-hydrogen) atoms. The van der Waals surface area contributed by atoms with E-state index in [-0.39, 0.29) is 0 Å². The fourth-order valence-corrected chi connectivity index (χ4v) is 7.15. The van der Waals surface area contributed by atoms with Gasteiger partial charge in [-0.25, -0.2) is 0 Å².